The number of carbonyl (C=O) groups is 1. The van der Waals surface area contributed by atoms with Gasteiger partial charge in [0.2, 0.25) is 17.7 Å². The molecule has 0 bridgehead atoms. The molecule has 27 heavy (non-hydrogen) atoms. The van der Waals surface area contributed by atoms with Crippen molar-refractivity contribution in [1.29, 1.82) is 0 Å². The molecule has 1 amide bonds. The van der Waals surface area contributed by atoms with Gasteiger partial charge in [-0.05, 0) is 12.5 Å². The fourth-order valence-corrected chi connectivity index (χ4v) is 3.68. The predicted octanol–water partition coefficient (Wildman–Crippen LogP) is 0.220. The summed E-state index contributed by atoms with van der Waals surface area (Å²) >= 11 is 0. The van der Waals surface area contributed by atoms with Crippen LogP contribution in [0, 0.1) is 5.82 Å². The number of aromatic nitrogens is 2. The van der Waals surface area contributed by atoms with Gasteiger partial charge in [0.15, 0.2) is 5.82 Å². The van der Waals surface area contributed by atoms with E-state index < -0.39 is 51.7 Å². The minimum atomic E-state index is -4.30. The number of hydrogen-bond acceptors (Lipinski definition) is 9. The normalized spacial score (nSPS) is 15.6. The first-order valence-electron chi connectivity index (χ1n) is 7.54. The number of hydrogen-bond donors (Lipinski definition) is 5. The van der Waals surface area contributed by atoms with Crippen LogP contribution in [0.4, 0.5) is 21.7 Å². The molecule has 5 N–H and O–H groups in total. The standard InChI is InChI=1S/C14H14FN5O6S/c1-2-7-12(23)17-14(18-13(7)24)16-6-3-8(15)11(9(21)4-6)20-5-10(22)19-27(20,25)26/h3-4,21H,2,5H2,1H3,(H,19,22)(H3,16,17,18,23,24). The van der Waals surface area contributed by atoms with Crippen LogP contribution in [0.5, 0.6) is 17.5 Å². The second kappa shape index (κ2) is 6.42. The van der Waals surface area contributed by atoms with E-state index in [2.05, 4.69) is 15.3 Å². The Kier molecular flexibility index (Phi) is 4.39. The van der Waals surface area contributed by atoms with Gasteiger partial charge in [-0.1, -0.05) is 6.92 Å². The summed E-state index contributed by atoms with van der Waals surface area (Å²) in [6.07, 6.45) is 0.277. The van der Waals surface area contributed by atoms with Crippen LogP contribution in [0.25, 0.3) is 0 Å². The van der Waals surface area contributed by atoms with Gasteiger partial charge in [-0.25, -0.2) is 13.4 Å². The van der Waals surface area contributed by atoms with Crippen LogP contribution in [0.1, 0.15) is 12.5 Å². The Hall–Kier alpha value is -3.35. The molecule has 0 radical (unpaired) electrons. The number of carbonyl (C=O) groups excluding carboxylic acids is 1. The van der Waals surface area contributed by atoms with Crippen molar-refractivity contribution in [2.45, 2.75) is 13.3 Å². The van der Waals surface area contributed by atoms with E-state index in [-0.39, 0.29) is 23.6 Å². The van der Waals surface area contributed by atoms with Gasteiger partial charge in [0.05, 0.1) is 5.56 Å². The van der Waals surface area contributed by atoms with Gasteiger partial charge < -0.3 is 20.6 Å². The lowest BCUT2D eigenvalue weighted by Crippen LogP contribution is -2.30. The molecule has 2 aromatic rings. The topological polar surface area (TPSA) is 165 Å². The highest BCUT2D eigenvalue weighted by molar-refractivity contribution is 7.92. The summed E-state index contributed by atoms with van der Waals surface area (Å²) in [4.78, 5) is 18.7. The Morgan fingerprint density at radius 1 is 1.26 bits per heavy atom. The Balaban J connectivity index is 1.95. The summed E-state index contributed by atoms with van der Waals surface area (Å²) in [5, 5.41) is 32.0. The van der Waals surface area contributed by atoms with Gasteiger partial charge in [0, 0.05) is 11.8 Å². The smallest absolute Gasteiger partial charge is 0.326 e. The molecule has 0 saturated carbocycles. The van der Waals surface area contributed by atoms with E-state index in [0.717, 1.165) is 12.1 Å². The summed E-state index contributed by atoms with van der Waals surface area (Å²) in [5.74, 6) is -4.00. The maximum Gasteiger partial charge on any atom is 0.326 e. The molecule has 0 spiro atoms. The van der Waals surface area contributed by atoms with Crippen molar-refractivity contribution >= 4 is 33.4 Å². The van der Waals surface area contributed by atoms with Crippen LogP contribution < -0.4 is 14.3 Å². The number of phenols is 1. The van der Waals surface area contributed by atoms with E-state index in [1.165, 1.54) is 0 Å². The average molecular weight is 399 g/mol. The van der Waals surface area contributed by atoms with Crippen molar-refractivity contribution in [1.82, 2.24) is 14.7 Å². The first-order chi connectivity index (χ1) is 12.6. The second-order valence-electron chi connectivity index (χ2n) is 5.51. The van der Waals surface area contributed by atoms with Crippen LogP contribution in [0.3, 0.4) is 0 Å². The highest BCUT2D eigenvalue weighted by Gasteiger charge is 2.37. The zero-order chi connectivity index (χ0) is 19.9. The highest BCUT2D eigenvalue weighted by Crippen LogP contribution is 2.37. The molecule has 1 fully saturated rings. The molecule has 1 aromatic heterocycles. The lowest BCUT2D eigenvalue weighted by atomic mass is 10.2. The SMILES string of the molecule is CCc1c(O)nc(Nc2cc(O)c(N3CC(=O)NS3(=O)=O)c(F)c2)nc1O. The number of aromatic hydroxyl groups is 3. The summed E-state index contributed by atoms with van der Waals surface area (Å²) in [7, 11) is -4.30. The van der Waals surface area contributed by atoms with Crippen LogP contribution in [0.15, 0.2) is 12.1 Å². The minimum Gasteiger partial charge on any atom is -0.506 e. The molecule has 11 nitrogen and oxygen atoms in total. The van der Waals surface area contributed by atoms with Crippen molar-refractivity contribution in [2.24, 2.45) is 0 Å². The number of amides is 1. The van der Waals surface area contributed by atoms with Crippen molar-refractivity contribution in [2.75, 3.05) is 16.2 Å². The molecule has 0 atom stereocenters. The summed E-state index contributed by atoms with van der Waals surface area (Å²) < 4.78 is 40.1. The minimum absolute atomic E-state index is 0.0901. The monoisotopic (exact) mass is 399 g/mol. The van der Waals surface area contributed by atoms with Crippen LogP contribution in [-0.4, -0.2) is 46.2 Å². The number of benzene rings is 1. The Morgan fingerprint density at radius 2 is 1.89 bits per heavy atom. The maximum absolute atomic E-state index is 14.4. The van der Waals surface area contributed by atoms with Crippen molar-refractivity contribution in [3.8, 4) is 17.5 Å². The first-order valence-corrected chi connectivity index (χ1v) is 8.98. The van der Waals surface area contributed by atoms with Gasteiger partial charge >= 0.3 is 10.2 Å². The molecular formula is C14H14FN5O6S. The van der Waals surface area contributed by atoms with Gasteiger partial charge in [-0.15, -0.1) is 0 Å². The zero-order valence-electron chi connectivity index (χ0n) is 13.8. The first kappa shape index (κ1) is 18.4. The van der Waals surface area contributed by atoms with Crippen molar-refractivity contribution in [3.05, 3.63) is 23.5 Å². The molecule has 3 rings (SSSR count). The number of nitrogens with zero attached hydrogens (tertiary/aromatic N) is 3. The van der Waals surface area contributed by atoms with Crippen LogP contribution >= 0.6 is 0 Å². The number of rotatable bonds is 4. The van der Waals surface area contributed by atoms with Crippen molar-refractivity contribution in [3.63, 3.8) is 0 Å². The predicted molar refractivity (Wildman–Crippen MR) is 90.5 cm³/mol. The molecule has 2 heterocycles. The molecule has 1 aromatic carbocycles. The number of nitrogens with one attached hydrogen (secondary N) is 2. The lowest BCUT2D eigenvalue weighted by Gasteiger charge is -2.18. The molecule has 1 aliphatic rings. The molecular weight excluding hydrogens is 385 g/mol. The van der Waals surface area contributed by atoms with Gasteiger partial charge in [0.25, 0.3) is 5.91 Å². The zero-order valence-corrected chi connectivity index (χ0v) is 14.6. The van der Waals surface area contributed by atoms with E-state index in [1.54, 1.807) is 11.6 Å². The number of phenolic OH excluding ortho intramolecular Hbond substituents is 1. The van der Waals surface area contributed by atoms with Gasteiger partial charge in [0.1, 0.15) is 18.0 Å². The van der Waals surface area contributed by atoms with E-state index >= 15 is 0 Å². The average Bonchev–Trinajstić information content (AvgIpc) is 2.79. The number of anilines is 3. The van der Waals surface area contributed by atoms with E-state index in [4.69, 9.17) is 0 Å². The second-order valence-corrected chi connectivity index (χ2v) is 7.11. The summed E-state index contributed by atoms with van der Waals surface area (Å²) in [6, 6.07) is 1.81. The molecule has 13 heteroatoms. The van der Waals surface area contributed by atoms with Crippen LogP contribution in [0.2, 0.25) is 0 Å². The van der Waals surface area contributed by atoms with E-state index in [9.17, 15) is 32.9 Å². The van der Waals surface area contributed by atoms with Gasteiger partial charge in [-0.2, -0.15) is 18.4 Å². The highest BCUT2D eigenvalue weighted by atomic mass is 32.2. The molecule has 0 unspecified atom stereocenters. The Bertz CT molecular complexity index is 998. The lowest BCUT2D eigenvalue weighted by molar-refractivity contribution is -0.117. The molecule has 144 valence electrons. The molecule has 1 aliphatic heterocycles. The third-order valence-corrected chi connectivity index (χ3v) is 5.06. The summed E-state index contributed by atoms with van der Waals surface area (Å²) in [6.45, 7) is 0.992. The number of halogens is 1. The molecule has 1 saturated heterocycles. The van der Waals surface area contributed by atoms with E-state index in [0.29, 0.717) is 4.31 Å². The third kappa shape index (κ3) is 3.36. The van der Waals surface area contributed by atoms with Crippen LogP contribution in [-0.2, 0) is 21.4 Å². The molecule has 0 aliphatic carbocycles. The third-order valence-electron chi connectivity index (χ3n) is 3.69. The Labute approximate surface area is 152 Å². The quantitative estimate of drug-likeness (QED) is 0.483. The fourth-order valence-electron chi connectivity index (χ4n) is 2.51. The van der Waals surface area contributed by atoms with E-state index in [1.807, 2.05) is 0 Å². The maximum atomic E-state index is 14.4. The van der Waals surface area contributed by atoms with Gasteiger partial charge in [-0.3, -0.25) is 4.79 Å². The Morgan fingerprint density at radius 3 is 2.37 bits per heavy atom. The largest absolute Gasteiger partial charge is 0.506 e. The summed E-state index contributed by atoms with van der Waals surface area (Å²) in [5.41, 5.74) is -0.666. The van der Waals surface area contributed by atoms with Crippen molar-refractivity contribution < 1.29 is 32.9 Å². The fraction of sp³-hybridized carbons (Fsp3) is 0.214.